The fraction of sp³-hybridized carbons (Fsp3) is 1.00. The lowest BCUT2D eigenvalue weighted by Crippen LogP contribution is -2.58. The standard InChI is InChI=1S/C29H54O2Si/c1-10-20(2)29(30)18-17-27(6)21(19-29)11-12-22-23-13-14-25(28(23,7)16-15-24(22)27)31-32(8,9)26(3,4)5/h20-25,30H,10-19H2,1-9H3/t20?,21?,22-,23-,24-,25-,27-,28-,29+/m0/s1. The van der Waals surface area contributed by atoms with E-state index in [1.807, 2.05) is 0 Å². The predicted molar refractivity (Wildman–Crippen MR) is 138 cm³/mol. The summed E-state index contributed by atoms with van der Waals surface area (Å²) in [5.74, 6) is 3.76. The zero-order chi connectivity index (χ0) is 23.7. The molecule has 0 aliphatic heterocycles. The molecule has 0 heterocycles. The topological polar surface area (TPSA) is 29.5 Å². The van der Waals surface area contributed by atoms with Crippen LogP contribution in [-0.2, 0) is 4.43 Å². The maximum Gasteiger partial charge on any atom is 0.192 e. The van der Waals surface area contributed by atoms with Gasteiger partial charge in [-0.2, -0.15) is 0 Å². The average molecular weight is 463 g/mol. The van der Waals surface area contributed by atoms with Crippen molar-refractivity contribution in [3.05, 3.63) is 0 Å². The zero-order valence-electron chi connectivity index (χ0n) is 22.9. The molecule has 0 aromatic rings. The van der Waals surface area contributed by atoms with Crippen LogP contribution in [0.1, 0.15) is 113 Å². The van der Waals surface area contributed by atoms with Crippen molar-refractivity contribution in [3.8, 4) is 0 Å². The first-order valence-corrected chi connectivity index (χ1v) is 17.0. The quantitative estimate of drug-likeness (QED) is 0.427. The molecule has 0 radical (unpaired) electrons. The summed E-state index contributed by atoms with van der Waals surface area (Å²) in [6.45, 7) is 21.8. The van der Waals surface area contributed by atoms with Gasteiger partial charge in [0, 0.05) is 0 Å². The van der Waals surface area contributed by atoms with E-state index in [9.17, 15) is 5.11 Å². The van der Waals surface area contributed by atoms with Crippen LogP contribution in [0.15, 0.2) is 0 Å². The van der Waals surface area contributed by atoms with Gasteiger partial charge in [-0.3, -0.25) is 0 Å². The minimum absolute atomic E-state index is 0.290. The van der Waals surface area contributed by atoms with Crippen LogP contribution >= 0.6 is 0 Å². The van der Waals surface area contributed by atoms with Gasteiger partial charge in [-0.25, -0.2) is 0 Å². The molecule has 1 N–H and O–H groups in total. The smallest absolute Gasteiger partial charge is 0.192 e. The summed E-state index contributed by atoms with van der Waals surface area (Å²) in [4.78, 5) is 0. The first kappa shape index (κ1) is 25.2. The largest absolute Gasteiger partial charge is 0.413 e. The lowest BCUT2D eigenvalue weighted by atomic mass is 9.44. The maximum atomic E-state index is 11.5. The van der Waals surface area contributed by atoms with E-state index < -0.39 is 13.9 Å². The molecule has 32 heavy (non-hydrogen) atoms. The second-order valence-corrected chi connectivity index (χ2v) is 19.5. The van der Waals surface area contributed by atoms with Crippen molar-refractivity contribution in [2.24, 2.45) is 40.4 Å². The van der Waals surface area contributed by atoms with Crippen LogP contribution in [0.25, 0.3) is 0 Å². The lowest BCUT2D eigenvalue weighted by Gasteiger charge is -2.62. The van der Waals surface area contributed by atoms with E-state index in [1.54, 1.807) is 0 Å². The van der Waals surface area contributed by atoms with Crippen molar-refractivity contribution in [1.82, 2.24) is 0 Å². The monoisotopic (exact) mass is 462 g/mol. The predicted octanol–water partition coefficient (Wildman–Crippen LogP) is 8.20. The molecule has 4 aliphatic carbocycles. The van der Waals surface area contributed by atoms with Crippen LogP contribution < -0.4 is 0 Å². The molecule has 0 amide bonds. The molecule has 0 aromatic carbocycles. The van der Waals surface area contributed by atoms with Crippen molar-refractivity contribution >= 4 is 8.32 Å². The average Bonchev–Trinajstić information content (AvgIpc) is 3.03. The summed E-state index contributed by atoms with van der Waals surface area (Å²) in [5, 5.41) is 11.8. The maximum absolute atomic E-state index is 11.5. The Morgan fingerprint density at radius 1 is 0.938 bits per heavy atom. The van der Waals surface area contributed by atoms with Gasteiger partial charge >= 0.3 is 0 Å². The molecule has 4 saturated carbocycles. The number of hydrogen-bond donors (Lipinski definition) is 1. The summed E-state index contributed by atoms with van der Waals surface area (Å²) in [6, 6.07) is 0. The molecule has 0 saturated heterocycles. The first-order valence-electron chi connectivity index (χ1n) is 14.1. The number of aliphatic hydroxyl groups is 1. The summed E-state index contributed by atoms with van der Waals surface area (Å²) >= 11 is 0. The van der Waals surface area contributed by atoms with Crippen molar-refractivity contribution in [1.29, 1.82) is 0 Å². The summed E-state index contributed by atoms with van der Waals surface area (Å²) in [6.07, 6.45) is 13.1. The highest BCUT2D eigenvalue weighted by Gasteiger charge is 2.62. The highest BCUT2D eigenvalue weighted by atomic mass is 28.4. The van der Waals surface area contributed by atoms with Gasteiger partial charge in [0.2, 0.25) is 0 Å². The van der Waals surface area contributed by atoms with Crippen LogP contribution in [0.2, 0.25) is 18.1 Å². The molecule has 2 nitrogen and oxygen atoms in total. The third-order valence-corrected chi connectivity index (χ3v) is 16.9. The third-order valence-electron chi connectivity index (χ3n) is 12.4. The fourth-order valence-electron chi connectivity index (χ4n) is 8.78. The minimum Gasteiger partial charge on any atom is -0.413 e. The molecular formula is C29H54O2Si. The van der Waals surface area contributed by atoms with Gasteiger partial charge in [0.1, 0.15) is 0 Å². The van der Waals surface area contributed by atoms with E-state index in [4.69, 9.17) is 4.43 Å². The number of fused-ring (bicyclic) bond motifs is 5. The molecule has 4 fully saturated rings. The SMILES string of the molecule is CCC(C)[C@@]1(O)CC[C@@]2(C)C(CC[C@H]3[C@@H]4CC[C@H](O[Si](C)(C)C(C)(C)C)[C@@]4(C)CC[C@@H]32)C1. The Hall–Kier alpha value is 0.137. The second kappa shape index (κ2) is 8.09. The van der Waals surface area contributed by atoms with Crippen LogP contribution in [0.4, 0.5) is 0 Å². The van der Waals surface area contributed by atoms with Gasteiger partial charge in [-0.1, -0.05) is 54.9 Å². The van der Waals surface area contributed by atoms with E-state index in [0.29, 0.717) is 27.9 Å². The van der Waals surface area contributed by atoms with E-state index in [1.165, 1.54) is 44.9 Å². The van der Waals surface area contributed by atoms with E-state index in [2.05, 4.69) is 61.6 Å². The Morgan fingerprint density at radius 3 is 2.22 bits per heavy atom. The number of hydrogen-bond acceptors (Lipinski definition) is 2. The lowest BCUT2D eigenvalue weighted by molar-refractivity contribution is -0.165. The van der Waals surface area contributed by atoms with E-state index in [0.717, 1.165) is 42.9 Å². The molecule has 9 atom stereocenters. The van der Waals surface area contributed by atoms with Crippen LogP contribution in [0, 0.1) is 40.4 Å². The molecular weight excluding hydrogens is 408 g/mol. The Labute approximate surface area is 200 Å². The van der Waals surface area contributed by atoms with Gasteiger partial charge < -0.3 is 9.53 Å². The van der Waals surface area contributed by atoms with Crippen LogP contribution in [-0.4, -0.2) is 25.1 Å². The minimum atomic E-state index is -1.74. The first-order chi connectivity index (χ1) is 14.7. The highest BCUT2D eigenvalue weighted by molar-refractivity contribution is 6.74. The van der Waals surface area contributed by atoms with Crippen molar-refractivity contribution < 1.29 is 9.53 Å². The molecule has 0 bridgehead atoms. The Kier molecular flexibility index (Phi) is 6.38. The molecule has 0 aromatic heterocycles. The Morgan fingerprint density at radius 2 is 1.59 bits per heavy atom. The van der Waals surface area contributed by atoms with Gasteiger partial charge in [0.25, 0.3) is 0 Å². The molecule has 4 rings (SSSR count). The summed E-state index contributed by atoms with van der Waals surface area (Å²) in [5.41, 5.74) is 0.415. The molecule has 186 valence electrons. The normalized spacial score (nSPS) is 48.0. The summed E-state index contributed by atoms with van der Waals surface area (Å²) < 4.78 is 7.12. The van der Waals surface area contributed by atoms with Gasteiger partial charge in [-0.15, -0.1) is 0 Å². The number of rotatable bonds is 4. The molecule has 2 unspecified atom stereocenters. The fourth-order valence-corrected chi connectivity index (χ4v) is 10.2. The van der Waals surface area contributed by atoms with Crippen LogP contribution in [0.5, 0.6) is 0 Å². The van der Waals surface area contributed by atoms with Crippen LogP contribution in [0.3, 0.4) is 0 Å². The highest BCUT2D eigenvalue weighted by Crippen LogP contribution is 2.68. The van der Waals surface area contributed by atoms with Crippen molar-refractivity contribution in [2.45, 2.75) is 143 Å². The zero-order valence-corrected chi connectivity index (χ0v) is 23.9. The Balaban J connectivity index is 1.52. The summed E-state index contributed by atoms with van der Waals surface area (Å²) in [7, 11) is -1.74. The van der Waals surface area contributed by atoms with Crippen molar-refractivity contribution in [2.75, 3.05) is 0 Å². The van der Waals surface area contributed by atoms with Gasteiger partial charge in [0.05, 0.1) is 11.7 Å². The molecule has 0 spiro atoms. The van der Waals surface area contributed by atoms with E-state index >= 15 is 0 Å². The third kappa shape index (κ3) is 3.79. The Bertz CT molecular complexity index is 698. The molecule has 3 heteroatoms. The van der Waals surface area contributed by atoms with E-state index in [-0.39, 0.29) is 0 Å². The van der Waals surface area contributed by atoms with Crippen molar-refractivity contribution in [3.63, 3.8) is 0 Å². The van der Waals surface area contributed by atoms with Gasteiger partial charge in [-0.05, 0) is 116 Å². The molecule has 4 aliphatic rings. The second-order valence-electron chi connectivity index (χ2n) is 14.8. The van der Waals surface area contributed by atoms with Gasteiger partial charge in [0.15, 0.2) is 8.32 Å².